The van der Waals surface area contributed by atoms with E-state index in [4.69, 9.17) is 4.74 Å². The van der Waals surface area contributed by atoms with Crippen molar-refractivity contribution in [3.63, 3.8) is 0 Å². The van der Waals surface area contributed by atoms with Crippen LogP contribution in [0.5, 0.6) is 5.75 Å². The molecule has 0 heterocycles. The van der Waals surface area contributed by atoms with Crippen LogP contribution in [0.3, 0.4) is 0 Å². The molecule has 18 heavy (non-hydrogen) atoms. The normalized spacial score (nSPS) is 11.8. The second kappa shape index (κ2) is 5.48. The van der Waals surface area contributed by atoms with Gasteiger partial charge in [0.2, 0.25) is 0 Å². The number of nitro benzene ring substituents is 1. The van der Waals surface area contributed by atoms with Crippen LogP contribution >= 0.6 is 0 Å². The van der Waals surface area contributed by atoms with Crippen molar-refractivity contribution in [3.8, 4) is 5.75 Å². The Hall–Kier alpha value is -2.11. The summed E-state index contributed by atoms with van der Waals surface area (Å²) in [5, 5.41) is 10.8. The number of methoxy groups -OCH3 is 1. The first-order valence-electron chi connectivity index (χ1n) is 5.37. The Bertz CT molecular complexity index is 484. The Morgan fingerprint density at radius 1 is 1.33 bits per heavy atom. The van der Waals surface area contributed by atoms with E-state index in [0.29, 0.717) is 11.3 Å². The van der Waals surface area contributed by atoms with Crippen molar-refractivity contribution in [2.45, 2.75) is 26.9 Å². The Morgan fingerprint density at radius 3 is 2.44 bits per heavy atom. The maximum Gasteiger partial charge on any atom is 0.346 e. The first kappa shape index (κ1) is 14.0. The van der Waals surface area contributed by atoms with Gasteiger partial charge in [-0.25, -0.2) is 4.79 Å². The van der Waals surface area contributed by atoms with E-state index in [1.54, 1.807) is 19.9 Å². The minimum Gasteiger partial charge on any atom is -0.478 e. The molecule has 0 amide bonds. The molecule has 0 saturated carbocycles. The van der Waals surface area contributed by atoms with E-state index in [-0.39, 0.29) is 5.69 Å². The number of aryl methyl sites for hydroxylation is 2. The summed E-state index contributed by atoms with van der Waals surface area (Å²) in [5.41, 5.74) is 1.25. The lowest BCUT2D eigenvalue weighted by molar-refractivity contribution is -0.385. The maximum absolute atomic E-state index is 11.2. The molecule has 0 aliphatic heterocycles. The smallest absolute Gasteiger partial charge is 0.346 e. The summed E-state index contributed by atoms with van der Waals surface area (Å²) >= 11 is 0. The van der Waals surface area contributed by atoms with E-state index in [1.807, 2.05) is 0 Å². The van der Waals surface area contributed by atoms with Gasteiger partial charge < -0.3 is 9.47 Å². The molecular weight excluding hydrogens is 238 g/mol. The molecule has 0 fully saturated rings. The van der Waals surface area contributed by atoms with Crippen LogP contribution in [-0.2, 0) is 9.53 Å². The van der Waals surface area contributed by atoms with E-state index < -0.39 is 17.0 Å². The van der Waals surface area contributed by atoms with Gasteiger partial charge in [-0.1, -0.05) is 0 Å². The molecular formula is C12H15NO5. The number of nitrogens with zero attached hydrogens (tertiary/aromatic N) is 1. The molecule has 0 aromatic heterocycles. The van der Waals surface area contributed by atoms with Gasteiger partial charge in [-0.3, -0.25) is 10.1 Å². The van der Waals surface area contributed by atoms with Crippen molar-refractivity contribution in [2.24, 2.45) is 0 Å². The maximum atomic E-state index is 11.2. The zero-order valence-electron chi connectivity index (χ0n) is 10.7. The molecule has 1 aromatic carbocycles. The van der Waals surface area contributed by atoms with Gasteiger partial charge in [-0.15, -0.1) is 0 Å². The van der Waals surface area contributed by atoms with Crippen LogP contribution in [0.2, 0.25) is 0 Å². The fourth-order valence-electron chi connectivity index (χ4n) is 1.55. The minimum atomic E-state index is -0.809. The fourth-order valence-corrected chi connectivity index (χ4v) is 1.55. The quantitative estimate of drug-likeness (QED) is 0.466. The van der Waals surface area contributed by atoms with E-state index >= 15 is 0 Å². The van der Waals surface area contributed by atoms with Crippen LogP contribution in [0.1, 0.15) is 18.1 Å². The van der Waals surface area contributed by atoms with E-state index in [1.165, 1.54) is 20.1 Å². The van der Waals surface area contributed by atoms with Gasteiger partial charge in [-0.2, -0.15) is 0 Å². The second-order valence-electron chi connectivity index (χ2n) is 3.94. The predicted molar refractivity (Wildman–Crippen MR) is 64.7 cm³/mol. The summed E-state index contributed by atoms with van der Waals surface area (Å²) in [5.74, 6) is -0.220. The van der Waals surface area contributed by atoms with Crippen LogP contribution in [0.15, 0.2) is 12.1 Å². The Labute approximate surface area is 105 Å². The molecule has 1 unspecified atom stereocenters. The Balaban J connectivity index is 3.06. The molecule has 0 saturated heterocycles. The van der Waals surface area contributed by atoms with E-state index in [0.717, 1.165) is 5.56 Å². The van der Waals surface area contributed by atoms with Gasteiger partial charge in [0.1, 0.15) is 5.75 Å². The number of nitro groups is 1. The van der Waals surface area contributed by atoms with Crippen molar-refractivity contribution in [1.29, 1.82) is 0 Å². The Morgan fingerprint density at radius 2 is 1.94 bits per heavy atom. The van der Waals surface area contributed by atoms with Crippen molar-refractivity contribution in [3.05, 3.63) is 33.4 Å². The zero-order valence-corrected chi connectivity index (χ0v) is 10.7. The summed E-state index contributed by atoms with van der Waals surface area (Å²) in [6.07, 6.45) is -0.809. The summed E-state index contributed by atoms with van der Waals surface area (Å²) in [6, 6.07) is 2.97. The average Bonchev–Trinajstić information content (AvgIpc) is 2.30. The number of carbonyl (C=O) groups excluding carboxylic acids is 1. The molecule has 98 valence electrons. The summed E-state index contributed by atoms with van der Waals surface area (Å²) in [7, 11) is 1.26. The number of carbonyl (C=O) groups is 1. The minimum absolute atomic E-state index is 0.0346. The van der Waals surface area contributed by atoms with E-state index in [9.17, 15) is 14.9 Å². The molecule has 6 nitrogen and oxygen atoms in total. The molecule has 0 aliphatic carbocycles. The number of hydrogen-bond donors (Lipinski definition) is 0. The lowest BCUT2D eigenvalue weighted by atomic mass is 10.1. The lowest BCUT2D eigenvalue weighted by Gasteiger charge is -2.14. The lowest BCUT2D eigenvalue weighted by Crippen LogP contribution is -2.25. The molecule has 1 aromatic rings. The molecule has 0 bridgehead atoms. The third-order valence-electron chi connectivity index (χ3n) is 2.53. The van der Waals surface area contributed by atoms with Gasteiger partial charge in [0.15, 0.2) is 6.10 Å². The van der Waals surface area contributed by atoms with Crippen molar-refractivity contribution in [1.82, 2.24) is 0 Å². The number of esters is 1. The van der Waals surface area contributed by atoms with Gasteiger partial charge in [0.05, 0.1) is 18.1 Å². The van der Waals surface area contributed by atoms with Gasteiger partial charge in [-0.05, 0) is 32.4 Å². The van der Waals surface area contributed by atoms with E-state index in [2.05, 4.69) is 4.74 Å². The summed E-state index contributed by atoms with van der Waals surface area (Å²) in [4.78, 5) is 21.6. The van der Waals surface area contributed by atoms with Crippen LogP contribution < -0.4 is 4.74 Å². The summed E-state index contributed by atoms with van der Waals surface area (Å²) in [6.45, 7) is 4.94. The van der Waals surface area contributed by atoms with Crippen molar-refractivity contribution >= 4 is 11.7 Å². The first-order chi connectivity index (χ1) is 8.36. The first-order valence-corrected chi connectivity index (χ1v) is 5.37. The highest BCUT2D eigenvalue weighted by atomic mass is 16.6. The third kappa shape index (κ3) is 2.97. The van der Waals surface area contributed by atoms with Crippen LogP contribution in [-0.4, -0.2) is 24.1 Å². The summed E-state index contributed by atoms with van der Waals surface area (Å²) < 4.78 is 9.89. The second-order valence-corrected chi connectivity index (χ2v) is 3.94. The monoisotopic (exact) mass is 253 g/mol. The molecule has 1 rings (SSSR count). The molecule has 0 aliphatic rings. The highest BCUT2D eigenvalue weighted by Crippen LogP contribution is 2.28. The molecule has 1 atom stereocenters. The highest BCUT2D eigenvalue weighted by molar-refractivity contribution is 5.74. The van der Waals surface area contributed by atoms with Gasteiger partial charge >= 0.3 is 5.97 Å². The number of rotatable bonds is 4. The topological polar surface area (TPSA) is 78.7 Å². The third-order valence-corrected chi connectivity index (χ3v) is 2.53. The number of hydrogen-bond acceptors (Lipinski definition) is 5. The fraction of sp³-hybridized carbons (Fsp3) is 0.417. The van der Waals surface area contributed by atoms with Crippen molar-refractivity contribution < 1.29 is 19.2 Å². The molecule has 0 spiro atoms. The SMILES string of the molecule is COC(=O)C(C)Oc1cc([N+](=O)[O-])c(C)cc1C. The largest absolute Gasteiger partial charge is 0.478 e. The van der Waals surface area contributed by atoms with Crippen LogP contribution in [0.4, 0.5) is 5.69 Å². The van der Waals surface area contributed by atoms with Gasteiger partial charge in [0.25, 0.3) is 5.69 Å². The van der Waals surface area contributed by atoms with Gasteiger partial charge in [0, 0.05) is 5.56 Å². The number of benzene rings is 1. The Kier molecular flexibility index (Phi) is 4.25. The molecule has 0 N–H and O–H groups in total. The van der Waals surface area contributed by atoms with Crippen LogP contribution in [0, 0.1) is 24.0 Å². The molecule has 6 heteroatoms. The van der Waals surface area contributed by atoms with Crippen LogP contribution in [0.25, 0.3) is 0 Å². The molecule has 0 radical (unpaired) electrons. The average molecular weight is 253 g/mol. The standard InChI is InChI=1S/C12H15NO5/c1-7-5-8(2)11(6-10(7)13(15)16)18-9(3)12(14)17-4/h5-6,9H,1-4H3. The predicted octanol–water partition coefficient (Wildman–Crippen LogP) is 2.15. The van der Waals surface area contributed by atoms with Crippen molar-refractivity contribution in [2.75, 3.05) is 7.11 Å². The zero-order chi connectivity index (χ0) is 13.9. The highest BCUT2D eigenvalue weighted by Gasteiger charge is 2.19. The number of ether oxygens (including phenoxy) is 2.